The van der Waals surface area contributed by atoms with Gasteiger partial charge in [0.05, 0.1) is 0 Å². The molecule has 3 nitrogen and oxygen atoms in total. The fraction of sp³-hybridized carbons (Fsp3) is 0.286. The van der Waals surface area contributed by atoms with Crippen LogP contribution in [0.2, 0.25) is 0 Å². The number of nitrogens with one attached hydrogen (secondary N) is 1. The molecule has 2 rings (SSSR count). The predicted octanol–water partition coefficient (Wildman–Crippen LogP) is 2.45. The van der Waals surface area contributed by atoms with E-state index >= 15 is 0 Å². The number of benzene rings is 1. The zero-order chi connectivity index (χ0) is 13.0. The monoisotopic (exact) mass is 246 g/mol. The second-order valence-electron chi connectivity index (χ2n) is 4.24. The van der Waals surface area contributed by atoms with Crippen molar-refractivity contribution >= 4 is 0 Å². The van der Waals surface area contributed by atoms with E-state index in [9.17, 15) is 9.18 Å². The summed E-state index contributed by atoms with van der Waals surface area (Å²) < 4.78 is 13.1. The maximum absolute atomic E-state index is 13.1. The van der Waals surface area contributed by atoms with Crippen molar-refractivity contribution in [3.05, 3.63) is 63.6 Å². The van der Waals surface area contributed by atoms with E-state index < -0.39 is 0 Å². The van der Waals surface area contributed by atoms with Gasteiger partial charge in [-0.2, -0.15) is 0 Å². The van der Waals surface area contributed by atoms with Crippen LogP contribution in [0, 0.1) is 5.82 Å². The average Bonchev–Trinajstić information content (AvgIpc) is 2.28. The fourth-order valence-corrected chi connectivity index (χ4v) is 1.87. The molecule has 18 heavy (non-hydrogen) atoms. The molecule has 0 atom stereocenters. The Bertz CT molecular complexity index is 592. The number of H-pyrrole nitrogens is 1. The highest BCUT2D eigenvalue weighted by atomic mass is 19.1. The van der Waals surface area contributed by atoms with Crippen molar-refractivity contribution in [1.29, 1.82) is 0 Å². The van der Waals surface area contributed by atoms with Gasteiger partial charge < -0.3 is 4.98 Å². The summed E-state index contributed by atoms with van der Waals surface area (Å²) in [5.74, 6) is 0.302. The largest absolute Gasteiger partial charge is 0.310 e. The van der Waals surface area contributed by atoms with Crippen LogP contribution in [0.1, 0.15) is 30.4 Å². The van der Waals surface area contributed by atoms with Crippen LogP contribution >= 0.6 is 0 Å². The molecule has 0 aliphatic rings. The van der Waals surface area contributed by atoms with Crippen LogP contribution in [-0.4, -0.2) is 9.97 Å². The lowest BCUT2D eigenvalue weighted by Crippen LogP contribution is -2.13. The van der Waals surface area contributed by atoms with Crippen molar-refractivity contribution < 1.29 is 4.39 Å². The van der Waals surface area contributed by atoms with Gasteiger partial charge in [0.1, 0.15) is 11.6 Å². The number of aromatic nitrogens is 2. The summed E-state index contributed by atoms with van der Waals surface area (Å²) >= 11 is 0. The number of nitrogens with zero attached hydrogens (tertiary/aromatic N) is 1. The van der Waals surface area contributed by atoms with Gasteiger partial charge in [0.15, 0.2) is 0 Å². The molecule has 0 unspecified atom stereocenters. The molecule has 0 saturated carbocycles. The summed E-state index contributed by atoms with van der Waals surface area (Å²) in [6, 6.07) is 7.83. The Hall–Kier alpha value is -1.97. The van der Waals surface area contributed by atoms with Gasteiger partial charge in [-0.3, -0.25) is 4.79 Å². The summed E-state index contributed by atoms with van der Waals surface area (Å²) in [5.41, 5.74) is 1.43. The minimum Gasteiger partial charge on any atom is -0.310 e. The highest BCUT2D eigenvalue weighted by Gasteiger charge is 2.03. The Morgan fingerprint density at radius 2 is 2.17 bits per heavy atom. The van der Waals surface area contributed by atoms with E-state index in [-0.39, 0.29) is 11.4 Å². The number of halogens is 1. The molecular formula is C14H15FN2O. The molecule has 1 heterocycles. The number of hydrogen-bond acceptors (Lipinski definition) is 2. The van der Waals surface area contributed by atoms with Gasteiger partial charge in [0.2, 0.25) is 0 Å². The lowest BCUT2D eigenvalue weighted by molar-refractivity contribution is 0.625. The van der Waals surface area contributed by atoms with Gasteiger partial charge in [-0.1, -0.05) is 25.5 Å². The zero-order valence-corrected chi connectivity index (χ0v) is 10.2. The number of rotatable bonds is 4. The first-order valence-electron chi connectivity index (χ1n) is 6.01. The molecule has 4 heteroatoms. The lowest BCUT2D eigenvalue weighted by atomic mass is 10.1. The predicted molar refractivity (Wildman–Crippen MR) is 68.1 cm³/mol. The Kier molecular flexibility index (Phi) is 3.87. The van der Waals surface area contributed by atoms with Crippen LogP contribution in [0.25, 0.3) is 0 Å². The Balaban J connectivity index is 2.26. The highest BCUT2D eigenvalue weighted by Crippen LogP contribution is 2.07. The van der Waals surface area contributed by atoms with Gasteiger partial charge in [-0.05, 0) is 24.1 Å². The molecule has 0 spiro atoms. The molecule has 0 aliphatic carbocycles. The Labute approximate surface area is 105 Å². The normalized spacial score (nSPS) is 10.6. The van der Waals surface area contributed by atoms with Crippen LogP contribution in [0.3, 0.4) is 0 Å². The quantitative estimate of drug-likeness (QED) is 0.900. The van der Waals surface area contributed by atoms with E-state index in [1.807, 2.05) is 13.0 Å². The van der Waals surface area contributed by atoms with E-state index in [0.717, 1.165) is 24.1 Å². The maximum atomic E-state index is 13.1. The molecule has 0 radical (unpaired) electrons. The van der Waals surface area contributed by atoms with Gasteiger partial charge in [-0.15, -0.1) is 0 Å². The van der Waals surface area contributed by atoms with Crippen molar-refractivity contribution in [3.8, 4) is 0 Å². The maximum Gasteiger partial charge on any atom is 0.251 e. The average molecular weight is 246 g/mol. The topological polar surface area (TPSA) is 45.8 Å². The molecule has 0 amide bonds. The van der Waals surface area contributed by atoms with Crippen molar-refractivity contribution in [1.82, 2.24) is 9.97 Å². The molecule has 94 valence electrons. The summed E-state index contributed by atoms with van der Waals surface area (Å²) in [5, 5.41) is 0. The van der Waals surface area contributed by atoms with Crippen molar-refractivity contribution in [3.63, 3.8) is 0 Å². The summed E-state index contributed by atoms with van der Waals surface area (Å²) in [4.78, 5) is 18.5. The molecule has 0 saturated heterocycles. The second kappa shape index (κ2) is 5.58. The van der Waals surface area contributed by atoms with E-state index in [0.29, 0.717) is 12.2 Å². The van der Waals surface area contributed by atoms with Gasteiger partial charge in [0.25, 0.3) is 5.56 Å². The number of aromatic amines is 1. The highest BCUT2D eigenvalue weighted by molar-refractivity contribution is 5.20. The first kappa shape index (κ1) is 12.5. The van der Waals surface area contributed by atoms with Crippen LogP contribution < -0.4 is 5.56 Å². The third-order valence-corrected chi connectivity index (χ3v) is 2.61. The van der Waals surface area contributed by atoms with Gasteiger partial charge >= 0.3 is 0 Å². The zero-order valence-electron chi connectivity index (χ0n) is 10.2. The molecule has 1 aromatic heterocycles. The third-order valence-electron chi connectivity index (χ3n) is 2.61. The molecule has 0 bridgehead atoms. The standard InChI is InChI=1S/C14H15FN2O/c1-2-4-12-9-14(18)17-13(16-12)8-10-5-3-6-11(15)7-10/h3,5-7,9H,2,4,8H2,1H3,(H,16,17,18). The molecular weight excluding hydrogens is 231 g/mol. The Morgan fingerprint density at radius 1 is 1.33 bits per heavy atom. The minimum absolute atomic E-state index is 0.153. The SMILES string of the molecule is CCCc1cc(=O)[nH]c(Cc2cccc(F)c2)n1. The Morgan fingerprint density at radius 3 is 2.89 bits per heavy atom. The van der Waals surface area contributed by atoms with Crippen LogP contribution in [0.15, 0.2) is 35.1 Å². The molecule has 0 fully saturated rings. The molecule has 1 N–H and O–H groups in total. The third kappa shape index (κ3) is 3.26. The van der Waals surface area contributed by atoms with E-state index in [2.05, 4.69) is 9.97 Å². The molecule has 2 aromatic rings. The lowest BCUT2D eigenvalue weighted by Gasteiger charge is -2.04. The van der Waals surface area contributed by atoms with Crippen LogP contribution in [-0.2, 0) is 12.8 Å². The van der Waals surface area contributed by atoms with Crippen LogP contribution in [0.5, 0.6) is 0 Å². The van der Waals surface area contributed by atoms with E-state index in [1.54, 1.807) is 6.07 Å². The molecule has 0 aliphatic heterocycles. The van der Waals surface area contributed by atoms with Crippen molar-refractivity contribution in [2.45, 2.75) is 26.2 Å². The second-order valence-corrected chi connectivity index (χ2v) is 4.24. The first-order chi connectivity index (χ1) is 8.67. The van der Waals surface area contributed by atoms with E-state index in [1.165, 1.54) is 18.2 Å². The summed E-state index contributed by atoms with van der Waals surface area (Å²) in [6.45, 7) is 2.04. The van der Waals surface area contributed by atoms with Crippen LogP contribution in [0.4, 0.5) is 4.39 Å². The smallest absolute Gasteiger partial charge is 0.251 e. The van der Waals surface area contributed by atoms with Crippen molar-refractivity contribution in [2.24, 2.45) is 0 Å². The first-order valence-corrected chi connectivity index (χ1v) is 6.01. The fourth-order valence-electron chi connectivity index (χ4n) is 1.87. The molecule has 1 aromatic carbocycles. The number of aryl methyl sites for hydroxylation is 1. The summed E-state index contributed by atoms with van der Waals surface area (Å²) in [6.07, 6.45) is 2.15. The summed E-state index contributed by atoms with van der Waals surface area (Å²) in [7, 11) is 0. The van der Waals surface area contributed by atoms with E-state index in [4.69, 9.17) is 0 Å². The van der Waals surface area contributed by atoms with Gasteiger partial charge in [-0.25, -0.2) is 9.37 Å². The minimum atomic E-state index is -0.278. The number of hydrogen-bond donors (Lipinski definition) is 1. The van der Waals surface area contributed by atoms with Crippen molar-refractivity contribution in [2.75, 3.05) is 0 Å². The van der Waals surface area contributed by atoms with Gasteiger partial charge in [0, 0.05) is 18.2 Å².